The topological polar surface area (TPSA) is 48.9 Å². The van der Waals surface area contributed by atoms with E-state index in [-0.39, 0.29) is 17.4 Å². The van der Waals surface area contributed by atoms with Crippen LogP contribution >= 0.6 is 0 Å². The Morgan fingerprint density at radius 3 is 2.62 bits per heavy atom. The van der Waals surface area contributed by atoms with E-state index in [2.05, 4.69) is 29.6 Å². The van der Waals surface area contributed by atoms with Crippen molar-refractivity contribution in [2.24, 2.45) is 4.99 Å². The summed E-state index contributed by atoms with van der Waals surface area (Å²) in [5.41, 5.74) is 1.60. The summed E-state index contributed by atoms with van der Waals surface area (Å²) in [7, 11) is 4.22. The number of guanidine groups is 1. The van der Waals surface area contributed by atoms with Crippen molar-refractivity contribution in [2.75, 3.05) is 40.4 Å². The molecule has 0 radical (unpaired) electrons. The fourth-order valence-electron chi connectivity index (χ4n) is 3.21. The van der Waals surface area contributed by atoms with Crippen molar-refractivity contribution in [3.05, 3.63) is 35.1 Å². The highest BCUT2D eigenvalue weighted by molar-refractivity contribution is 5.80. The van der Waals surface area contributed by atoms with Crippen LogP contribution in [0.5, 0.6) is 0 Å². The molecule has 1 heterocycles. The van der Waals surface area contributed by atoms with E-state index in [9.17, 15) is 4.39 Å². The third-order valence-corrected chi connectivity index (χ3v) is 5.30. The Kier molecular flexibility index (Phi) is 7.41. The third-order valence-electron chi connectivity index (χ3n) is 5.30. The molecule has 1 aromatic rings. The lowest BCUT2D eigenvalue weighted by Gasteiger charge is -2.41. The Morgan fingerprint density at radius 1 is 1.35 bits per heavy atom. The van der Waals surface area contributed by atoms with Gasteiger partial charge in [-0.3, -0.25) is 4.99 Å². The number of rotatable bonds is 6. The van der Waals surface area contributed by atoms with E-state index < -0.39 is 0 Å². The van der Waals surface area contributed by atoms with E-state index in [1.54, 1.807) is 13.0 Å². The van der Waals surface area contributed by atoms with Crippen LogP contribution in [0.3, 0.4) is 0 Å². The highest BCUT2D eigenvalue weighted by Gasteiger charge is 2.34. The van der Waals surface area contributed by atoms with E-state index >= 15 is 0 Å². The number of nitrogens with one attached hydrogen (secondary N) is 2. The molecule has 1 aromatic carbocycles. The van der Waals surface area contributed by atoms with Gasteiger partial charge < -0.3 is 20.3 Å². The van der Waals surface area contributed by atoms with Crippen molar-refractivity contribution in [2.45, 2.75) is 45.2 Å². The highest BCUT2D eigenvalue weighted by Crippen LogP contribution is 2.26. The normalized spacial score (nSPS) is 18.7. The van der Waals surface area contributed by atoms with E-state index in [4.69, 9.17) is 9.73 Å². The second-order valence-electron chi connectivity index (χ2n) is 7.30. The molecular formula is C20H33FN4O. The number of aliphatic imine (C=N–C) groups is 1. The number of ether oxygens (including phenoxy) is 1. The lowest BCUT2D eigenvalue weighted by molar-refractivity contribution is -0.00255. The predicted octanol–water partition coefficient (Wildman–Crippen LogP) is 2.86. The number of benzene rings is 1. The summed E-state index contributed by atoms with van der Waals surface area (Å²) in [6.07, 6.45) is 1.95. The molecule has 0 saturated carbocycles. The summed E-state index contributed by atoms with van der Waals surface area (Å²) >= 11 is 0. The predicted molar refractivity (Wildman–Crippen MR) is 105 cm³/mol. The molecular weight excluding hydrogens is 331 g/mol. The number of hydrogen-bond donors (Lipinski definition) is 2. The van der Waals surface area contributed by atoms with Crippen molar-refractivity contribution in [3.8, 4) is 0 Å². The largest absolute Gasteiger partial charge is 0.381 e. The number of hydrogen-bond acceptors (Lipinski definition) is 3. The molecule has 2 rings (SSSR count). The van der Waals surface area contributed by atoms with Crippen molar-refractivity contribution in [1.29, 1.82) is 0 Å². The van der Waals surface area contributed by atoms with Gasteiger partial charge in [0.25, 0.3) is 0 Å². The van der Waals surface area contributed by atoms with Gasteiger partial charge in [-0.05, 0) is 64.9 Å². The van der Waals surface area contributed by atoms with Gasteiger partial charge in [0.15, 0.2) is 5.96 Å². The van der Waals surface area contributed by atoms with Crippen LogP contribution in [0.25, 0.3) is 0 Å². The Morgan fingerprint density at radius 2 is 2.04 bits per heavy atom. The minimum atomic E-state index is -0.174. The quantitative estimate of drug-likeness (QED) is 0.602. The lowest BCUT2D eigenvalue weighted by Crippen LogP contribution is -2.51. The molecule has 26 heavy (non-hydrogen) atoms. The molecule has 0 bridgehead atoms. The molecule has 1 unspecified atom stereocenters. The zero-order valence-corrected chi connectivity index (χ0v) is 16.7. The van der Waals surface area contributed by atoms with Crippen LogP contribution in [0.15, 0.2) is 23.2 Å². The van der Waals surface area contributed by atoms with Crippen LogP contribution in [0.2, 0.25) is 0 Å². The van der Waals surface area contributed by atoms with Gasteiger partial charge in [0.1, 0.15) is 5.82 Å². The molecule has 2 N–H and O–H groups in total. The molecule has 1 fully saturated rings. The fraction of sp³-hybridized carbons (Fsp3) is 0.650. The van der Waals surface area contributed by atoms with Gasteiger partial charge >= 0.3 is 0 Å². The van der Waals surface area contributed by atoms with Gasteiger partial charge in [0.2, 0.25) is 0 Å². The summed E-state index contributed by atoms with van der Waals surface area (Å²) in [5, 5.41) is 6.70. The minimum Gasteiger partial charge on any atom is -0.381 e. The maximum Gasteiger partial charge on any atom is 0.191 e. The van der Waals surface area contributed by atoms with E-state index in [0.29, 0.717) is 12.1 Å². The maximum absolute atomic E-state index is 13.9. The van der Waals surface area contributed by atoms with Crippen molar-refractivity contribution in [3.63, 3.8) is 0 Å². The zero-order chi connectivity index (χ0) is 19.2. The van der Waals surface area contributed by atoms with Crippen molar-refractivity contribution in [1.82, 2.24) is 15.5 Å². The van der Waals surface area contributed by atoms with Crippen LogP contribution in [-0.4, -0.2) is 56.8 Å². The molecule has 0 amide bonds. The monoisotopic (exact) mass is 364 g/mol. The first kappa shape index (κ1) is 20.6. The summed E-state index contributed by atoms with van der Waals surface area (Å²) < 4.78 is 19.4. The molecule has 0 aliphatic carbocycles. The van der Waals surface area contributed by atoms with Gasteiger partial charge in [-0.1, -0.05) is 12.1 Å². The first-order valence-corrected chi connectivity index (χ1v) is 9.44. The Bertz CT molecular complexity index is 612. The van der Waals surface area contributed by atoms with Crippen LogP contribution in [0.4, 0.5) is 4.39 Å². The lowest BCUT2D eigenvalue weighted by atomic mass is 9.89. The smallest absolute Gasteiger partial charge is 0.191 e. The molecule has 1 atom stereocenters. The summed E-state index contributed by atoms with van der Waals surface area (Å²) in [4.78, 5) is 7.10. The molecule has 0 spiro atoms. The Hall–Kier alpha value is -1.66. The molecule has 146 valence electrons. The van der Waals surface area contributed by atoms with E-state index in [0.717, 1.165) is 44.1 Å². The standard InChI is InChI=1S/C20H33FN4O/c1-6-22-19(23-14-20(25(4)5)9-11-26-12-10-20)24-16(3)17-8-7-15(2)18(21)13-17/h7-8,13,16H,6,9-12,14H2,1-5H3,(H2,22,23,24). The van der Waals surface area contributed by atoms with Crippen molar-refractivity contribution < 1.29 is 9.13 Å². The molecule has 1 saturated heterocycles. The molecule has 5 nitrogen and oxygen atoms in total. The van der Waals surface area contributed by atoms with Gasteiger partial charge in [0, 0.05) is 25.3 Å². The average Bonchev–Trinajstić information content (AvgIpc) is 2.62. The van der Waals surface area contributed by atoms with Gasteiger partial charge in [0.05, 0.1) is 12.6 Å². The maximum atomic E-state index is 13.9. The van der Waals surface area contributed by atoms with Crippen LogP contribution in [0.1, 0.15) is 43.9 Å². The summed E-state index contributed by atoms with van der Waals surface area (Å²) in [5.74, 6) is 0.584. The molecule has 0 aromatic heterocycles. The second-order valence-corrected chi connectivity index (χ2v) is 7.30. The number of aryl methyl sites for hydroxylation is 1. The number of nitrogens with zero attached hydrogens (tertiary/aromatic N) is 2. The summed E-state index contributed by atoms with van der Waals surface area (Å²) in [6.45, 7) is 8.87. The SMILES string of the molecule is CCNC(=NCC1(N(C)C)CCOCC1)NC(C)c1ccc(C)c(F)c1. The van der Waals surface area contributed by atoms with Crippen LogP contribution < -0.4 is 10.6 Å². The minimum absolute atomic E-state index is 0.0276. The summed E-state index contributed by atoms with van der Waals surface area (Å²) in [6, 6.07) is 5.33. The first-order valence-electron chi connectivity index (χ1n) is 9.44. The van der Waals surface area contributed by atoms with Crippen LogP contribution in [0, 0.1) is 12.7 Å². The van der Waals surface area contributed by atoms with Gasteiger partial charge in [-0.15, -0.1) is 0 Å². The zero-order valence-electron chi connectivity index (χ0n) is 16.7. The number of halogens is 1. The van der Waals surface area contributed by atoms with Crippen molar-refractivity contribution >= 4 is 5.96 Å². The molecule has 1 aliphatic heterocycles. The molecule has 6 heteroatoms. The third kappa shape index (κ3) is 5.17. The van der Waals surface area contributed by atoms with Crippen LogP contribution in [-0.2, 0) is 4.74 Å². The fourth-order valence-corrected chi connectivity index (χ4v) is 3.21. The second kappa shape index (κ2) is 9.33. The molecule has 1 aliphatic rings. The average molecular weight is 365 g/mol. The first-order chi connectivity index (χ1) is 12.4. The number of likely N-dealkylation sites (N-methyl/N-ethyl adjacent to an activating group) is 1. The van der Waals surface area contributed by atoms with E-state index in [1.807, 2.05) is 26.0 Å². The Labute approximate surface area is 157 Å². The Balaban J connectivity index is 2.11. The van der Waals surface area contributed by atoms with Gasteiger partial charge in [-0.2, -0.15) is 0 Å². The highest BCUT2D eigenvalue weighted by atomic mass is 19.1. The van der Waals surface area contributed by atoms with E-state index in [1.165, 1.54) is 0 Å². The van der Waals surface area contributed by atoms with Gasteiger partial charge in [-0.25, -0.2) is 4.39 Å².